The molecule has 1 saturated carbocycles. The Bertz CT molecular complexity index is 1710. The Morgan fingerprint density at radius 1 is 1.02 bits per heavy atom. The highest BCUT2D eigenvalue weighted by molar-refractivity contribution is 5.88. The molecule has 3 aliphatic heterocycles. The highest BCUT2D eigenvalue weighted by atomic mass is 19.3. The molecule has 246 valence electrons. The quantitative estimate of drug-likeness (QED) is 0.291. The Morgan fingerprint density at radius 2 is 1.74 bits per heavy atom. The lowest BCUT2D eigenvalue weighted by atomic mass is 9.85. The van der Waals surface area contributed by atoms with E-state index in [-0.39, 0.29) is 53.1 Å². The largest absolute Gasteiger partial charge is 0.363 e. The molecule has 46 heavy (non-hydrogen) atoms. The topological polar surface area (TPSA) is 86.8 Å². The van der Waals surface area contributed by atoms with E-state index < -0.39 is 52.7 Å². The van der Waals surface area contributed by atoms with Crippen molar-refractivity contribution in [1.82, 2.24) is 19.4 Å². The van der Waals surface area contributed by atoms with Gasteiger partial charge in [0.05, 0.1) is 34.5 Å². The van der Waals surface area contributed by atoms with Gasteiger partial charge in [0, 0.05) is 17.0 Å². The highest BCUT2D eigenvalue weighted by Crippen LogP contribution is 2.48. The van der Waals surface area contributed by atoms with Gasteiger partial charge >= 0.3 is 0 Å². The number of benzene rings is 1. The summed E-state index contributed by atoms with van der Waals surface area (Å²) in [4.78, 5) is 25.0. The van der Waals surface area contributed by atoms with Crippen molar-refractivity contribution < 1.29 is 22.0 Å². The van der Waals surface area contributed by atoms with E-state index in [1.165, 1.54) is 18.2 Å². The number of halogens is 5. The monoisotopic (exact) mass is 642 g/mol. The number of alkyl halides is 4. The number of piperidine rings is 1. The smallest absolute Gasteiger partial charge is 0.278 e. The first-order valence-electron chi connectivity index (χ1n) is 16.3. The summed E-state index contributed by atoms with van der Waals surface area (Å²) in [6.07, 6.45) is 1.16. The zero-order valence-electron chi connectivity index (χ0n) is 26.1. The second-order valence-electron chi connectivity index (χ2n) is 13.2. The number of nitriles is 1. The van der Waals surface area contributed by atoms with Gasteiger partial charge in [0.2, 0.25) is 0 Å². The molecule has 2 atom stereocenters. The Labute approximate surface area is 264 Å². The SMILES string of the molecule is Cc1nc2c3cc(C4(C#N)CC4)c(=O)n(c3n1)C(C(F)F)CCCCCCN1CCC(CC1)C(F)(F)c1cccc(c1F)[C@@H](C)N2. The second-order valence-corrected chi connectivity index (χ2v) is 13.2. The first-order valence-corrected chi connectivity index (χ1v) is 16.3. The Kier molecular flexibility index (Phi) is 8.83. The Morgan fingerprint density at radius 3 is 2.41 bits per heavy atom. The van der Waals surface area contributed by atoms with E-state index in [4.69, 9.17) is 0 Å². The maximum absolute atomic E-state index is 16.0. The van der Waals surface area contributed by atoms with Gasteiger partial charge in [0.15, 0.2) is 0 Å². The van der Waals surface area contributed by atoms with E-state index in [2.05, 4.69) is 26.3 Å². The molecule has 2 aromatic heterocycles. The van der Waals surface area contributed by atoms with E-state index in [0.717, 1.165) is 23.5 Å². The number of aromatic nitrogens is 3. The lowest BCUT2D eigenvalue weighted by molar-refractivity contribution is -0.0880. The predicted molar refractivity (Wildman–Crippen MR) is 165 cm³/mol. The summed E-state index contributed by atoms with van der Waals surface area (Å²) >= 11 is 0. The molecule has 0 spiro atoms. The molecule has 7 rings (SSSR count). The molecule has 0 radical (unpaired) electrons. The average molecular weight is 643 g/mol. The lowest BCUT2D eigenvalue weighted by Gasteiger charge is -2.36. The number of hydrogen-bond donors (Lipinski definition) is 1. The number of pyridine rings is 1. The molecule has 1 unspecified atom stereocenters. The number of aryl methyl sites for hydroxylation is 1. The third kappa shape index (κ3) is 5.87. The molecule has 5 heterocycles. The fourth-order valence-electron chi connectivity index (χ4n) is 7.22. The highest BCUT2D eigenvalue weighted by Gasteiger charge is 2.48. The van der Waals surface area contributed by atoms with Crippen molar-refractivity contribution in [2.24, 2.45) is 5.92 Å². The molecule has 1 aromatic carbocycles. The number of fused-ring (bicyclic) bond motifs is 9. The van der Waals surface area contributed by atoms with Crippen molar-refractivity contribution in [2.45, 2.75) is 101 Å². The summed E-state index contributed by atoms with van der Waals surface area (Å²) in [5.41, 5.74) is -2.32. The van der Waals surface area contributed by atoms with Crippen LogP contribution in [0.15, 0.2) is 29.1 Å². The molecule has 0 amide bonds. The van der Waals surface area contributed by atoms with Crippen LogP contribution >= 0.6 is 0 Å². The number of anilines is 1. The Balaban J connectivity index is 1.51. The number of nitrogens with one attached hydrogen (secondary N) is 1. The Hall–Kier alpha value is -3.59. The van der Waals surface area contributed by atoms with Gasteiger partial charge in [-0.1, -0.05) is 37.5 Å². The van der Waals surface area contributed by atoms with E-state index in [9.17, 15) is 18.8 Å². The minimum Gasteiger partial charge on any atom is -0.363 e. The van der Waals surface area contributed by atoms with E-state index in [1.54, 1.807) is 13.8 Å². The van der Waals surface area contributed by atoms with E-state index in [0.29, 0.717) is 45.3 Å². The van der Waals surface area contributed by atoms with Crippen LogP contribution < -0.4 is 10.9 Å². The van der Waals surface area contributed by atoms with Crippen LogP contribution in [0.2, 0.25) is 0 Å². The molecular weight excluding hydrogens is 603 g/mol. The first kappa shape index (κ1) is 32.4. The second kappa shape index (κ2) is 12.5. The molecule has 2 fully saturated rings. The normalized spacial score (nSPS) is 26.3. The van der Waals surface area contributed by atoms with Crippen LogP contribution in [0, 0.1) is 30.0 Å². The molecule has 12 heteroatoms. The summed E-state index contributed by atoms with van der Waals surface area (Å²) in [6.45, 7) is 4.85. The fourth-order valence-corrected chi connectivity index (χ4v) is 7.22. The van der Waals surface area contributed by atoms with Gasteiger partial charge in [-0.05, 0) is 78.1 Å². The summed E-state index contributed by atoms with van der Waals surface area (Å²) < 4.78 is 78.5. The third-order valence-corrected chi connectivity index (χ3v) is 10.1. The van der Waals surface area contributed by atoms with Gasteiger partial charge in [-0.3, -0.25) is 9.36 Å². The molecule has 1 saturated heterocycles. The lowest BCUT2D eigenvalue weighted by Crippen LogP contribution is -2.40. The van der Waals surface area contributed by atoms with Crippen molar-refractivity contribution in [2.75, 3.05) is 25.0 Å². The summed E-state index contributed by atoms with van der Waals surface area (Å²) in [5, 5.41) is 13.3. The third-order valence-electron chi connectivity index (χ3n) is 10.1. The van der Waals surface area contributed by atoms with Gasteiger partial charge in [-0.25, -0.2) is 31.9 Å². The molecule has 1 aliphatic carbocycles. The minimum absolute atomic E-state index is 0.000363. The van der Waals surface area contributed by atoms with Crippen molar-refractivity contribution in [1.29, 1.82) is 5.26 Å². The zero-order valence-corrected chi connectivity index (χ0v) is 26.1. The molecule has 3 aromatic rings. The average Bonchev–Trinajstić information content (AvgIpc) is 3.82. The maximum Gasteiger partial charge on any atom is 0.278 e. The van der Waals surface area contributed by atoms with Crippen LogP contribution in [0.1, 0.15) is 99.3 Å². The van der Waals surface area contributed by atoms with Crippen molar-refractivity contribution in [3.8, 4) is 6.07 Å². The van der Waals surface area contributed by atoms with Crippen LogP contribution in [-0.4, -0.2) is 45.5 Å². The van der Waals surface area contributed by atoms with Crippen LogP contribution in [0.4, 0.5) is 27.8 Å². The van der Waals surface area contributed by atoms with Gasteiger partial charge in [-0.15, -0.1) is 0 Å². The minimum atomic E-state index is -3.37. The van der Waals surface area contributed by atoms with Crippen molar-refractivity contribution in [3.63, 3.8) is 0 Å². The summed E-state index contributed by atoms with van der Waals surface area (Å²) in [6, 6.07) is 5.34. The van der Waals surface area contributed by atoms with Gasteiger partial charge in [-0.2, -0.15) is 5.26 Å². The fraction of sp³-hybridized carbons (Fsp3) is 0.588. The predicted octanol–water partition coefficient (Wildman–Crippen LogP) is 7.54. The van der Waals surface area contributed by atoms with Gasteiger partial charge in [0.1, 0.15) is 23.1 Å². The summed E-state index contributed by atoms with van der Waals surface area (Å²) in [7, 11) is 0. The van der Waals surface area contributed by atoms with E-state index >= 15 is 13.2 Å². The van der Waals surface area contributed by atoms with Gasteiger partial charge < -0.3 is 10.2 Å². The van der Waals surface area contributed by atoms with Crippen LogP contribution in [-0.2, 0) is 11.3 Å². The van der Waals surface area contributed by atoms with E-state index in [1.807, 2.05) is 0 Å². The van der Waals surface area contributed by atoms with Crippen LogP contribution in [0.3, 0.4) is 0 Å². The molecule has 7 nitrogen and oxygen atoms in total. The first-order chi connectivity index (χ1) is 22.0. The zero-order chi connectivity index (χ0) is 32.8. The van der Waals surface area contributed by atoms with Crippen LogP contribution in [0.5, 0.6) is 0 Å². The molecule has 8 bridgehead atoms. The molecule has 1 N–H and O–H groups in total. The van der Waals surface area contributed by atoms with Crippen LogP contribution in [0.25, 0.3) is 11.0 Å². The molecular formula is C34H39F5N6O. The van der Waals surface area contributed by atoms with Crippen molar-refractivity contribution >= 4 is 16.9 Å². The number of nitrogens with zero attached hydrogens (tertiary/aromatic N) is 5. The number of hydrogen-bond acceptors (Lipinski definition) is 6. The number of rotatable bonds is 2. The summed E-state index contributed by atoms with van der Waals surface area (Å²) in [5.74, 6) is -5.04. The standard InChI is InChI=1S/C34H39F5N6O/c1-20-23-8-7-9-25(28(23)35)34(38,39)22-11-16-44(17-12-22)15-6-4-3-5-10-27(29(36)37)45-31-24(30(41-20)42-21(2)43-31)18-26(32(45)46)33(19-40)13-14-33/h7-9,18,20,22,27,29H,3-6,10-17H2,1-2H3,(H,41,42,43)/t20-,27?/m1/s1. The van der Waals surface area contributed by atoms with Gasteiger partial charge in [0.25, 0.3) is 17.9 Å². The van der Waals surface area contributed by atoms with Crippen molar-refractivity contribution in [3.05, 3.63) is 63.0 Å². The maximum atomic E-state index is 16.0. The molecule has 4 aliphatic rings.